The normalized spacial score (nSPS) is 36.3. The van der Waals surface area contributed by atoms with E-state index < -0.39 is 48.0 Å². The fraction of sp³-hybridized carbons (Fsp3) is 1.00. The lowest BCUT2D eigenvalue weighted by Crippen LogP contribution is -2.71. The zero-order valence-electron chi connectivity index (χ0n) is 11.5. The summed E-state index contributed by atoms with van der Waals surface area (Å²) in [7, 11) is -0.191. The van der Waals surface area contributed by atoms with Gasteiger partial charge < -0.3 is 9.47 Å². The summed E-state index contributed by atoms with van der Waals surface area (Å²) in [6.07, 6.45) is -7.16. The molecule has 0 aliphatic heterocycles. The van der Waals surface area contributed by atoms with E-state index in [0.717, 1.165) is 0 Å². The van der Waals surface area contributed by atoms with Crippen LogP contribution in [-0.2, 0) is 9.47 Å². The summed E-state index contributed by atoms with van der Waals surface area (Å²) >= 11 is 0. The quantitative estimate of drug-likeness (QED) is 0.554. The number of hydrogen-bond acceptors (Lipinski definition) is 2. The molecule has 0 spiro atoms. The van der Waals surface area contributed by atoms with Crippen molar-refractivity contribution in [2.45, 2.75) is 48.0 Å². The van der Waals surface area contributed by atoms with Crippen LogP contribution in [0.1, 0.15) is 6.92 Å². The van der Waals surface area contributed by atoms with Gasteiger partial charge in [-0.05, 0) is 0 Å². The van der Waals surface area contributed by atoms with Crippen LogP contribution in [0, 0.1) is 0 Å². The van der Waals surface area contributed by atoms with Crippen LogP contribution >= 0.6 is 0 Å². The van der Waals surface area contributed by atoms with Crippen molar-refractivity contribution in [3.8, 4) is 0 Å². The van der Waals surface area contributed by atoms with Gasteiger partial charge in [0.1, 0.15) is 0 Å². The molecule has 1 aliphatic rings. The highest BCUT2D eigenvalue weighted by molar-refractivity contribution is 5.36. The molecule has 0 bridgehead atoms. The van der Waals surface area contributed by atoms with E-state index >= 15 is 0 Å². The van der Waals surface area contributed by atoms with E-state index in [1.54, 1.807) is 0 Å². The molecule has 13 heteroatoms. The smallest absolute Gasteiger partial charge is 0.343 e. The molecule has 0 aromatic carbocycles. The van der Waals surface area contributed by atoms with Gasteiger partial charge in [-0.1, -0.05) is 0 Å². The van der Waals surface area contributed by atoms with Crippen LogP contribution in [0.4, 0.5) is 48.3 Å². The van der Waals surface area contributed by atoms with E-state index in [-0.39, 0.29) is 14.2 Å². The first-order chi connectivity index (χ1) is 9.87. The largest absolute Gasteiger partial charge is 0.432 e. The summed E-state index contributed by atoms with van der Waals surface area (Å²) in [6.45, 7) is -0.890. The zero-order chi connectivity index (χ0) is 18.9. The van der Waals surface area contributed by atoms with E-state index in [1.165, 1.54) is 0 Å². The van der Waals surface area contributed by atoms with Gasteiger partial charge >= 0.3 is 29.5 Å². The van der Waals surface area contributed by atoms with E-state index in [4.69, 9.17) is 0 Å². The highest BCUT2D eigenvalue weighted by atomic mass is 19.4. The van der Waals surface area contributed by atoms with E-state index in [0.29, 0.717) is 0 Å². The Morgan fingerprint density at radius 1 is 0.652 bits per heavy atom. The van der Waals surface area contributed by atoms with Gasteiger partial charge in [-0.25, -0.2) is 17.6 Å². The van der Waals surface area contributed by atoms with Crippen LogP contribution in [0.15, 0.2) is 0 Å². The molecular weight excluding hydrogens is 361 g/mol. The van der Waals surface area contributed by atoms with Crippen LogP contribution in [0.5, 0.6) is 0 Å². The molecule has 2 unspecified atom stereocenters. The number of halogens is 11. The second kappa shape index (κ2) is 4.61. The minimum absolute atomic E-state index is 0.0956. The molecule has 0 heterocycles. The summed E-state index contributed by atoms with van der Waals surface area (Å²) in [5, 5.41) is 0. The molecule has 1 fully saturated rings. The van der Waals surface area contributed by atoms with Gasteiger partial charge in [-0.3, -0.25) is 0 Å². The number of hydrogen-bond donors (Lipinski definition) is 0. The summed E-state index contributed by atoms with van der Waals surface area (Å²) in [5.74, 6) is -24.2. The Morgan fingerprint density at radius 3 is 1.13 bits per heavy atom. The van der Waals surface area contributed by atoms with Crippen LogP contribution in [0.25, 0.3) is 0 Å². The lowest BCUT2D eigenvalue weighted by atomic mass is 9.81. The average molecular weight is 370 g/mol. The van der Waals surface area contributed by atoms with Crippen molar-refractivity contribution in [2.75, 3.05) is 14.2 Å². The molecule has 23 heavy (non-hydrogen) atoms. The van der Waals surface area contributed by atoms with Crippen molar-refractivity contribution < 1.29 is 57.8 Å². The molecule has 1 aliphatic carbocycles. The summed E-state index contributed by atoms with van der Waals surface area (Å²) < 4.78 is 156. The van der Waals surface area contributed by atoms with Gasteiger partial charge in [0.25, 0.3) is 11.6 Å². The summed E-state index contributed by atoms with van der Waals surface area (Å²) in [4.78, 5) is 0. The van der Waals surface area contributed by atoms with Crippen LogP contribution in [0.3, 0.4) is 0 Å². The molecule has 2 nitrogen and oxygen atoms in total. The van der Waals surface area contributed by atoms with Crippen LogP contribution in [-0.4, -0.2) is 55.3 Å². The highest BCUT2D eigenvalue weighted by Crippen LogP contribution is 2.74. The Hall–Kier alpha value is -0.850. The first-order valence-electron chi connectivity index (χ1n) is 5.55. The summed E-state index contributed by atoms with van der Waals surface area (Å²) in [5.41, 5.74) is -13.7. The minimum Gasteiger partial charge on any atom is -0.343 e. The van der Waals surface area contributed by atoms with Crippen molar-refractivity contribution in [3.05, 3.63) is 0 Å². The number of alkyl halides is 11. The maximum absolute atomic E-state index is 14.3. The molecule has 2 atom stereocenters. The van der Waals surface area contributed by atoms with Gasteiger partial charge in [0, 0.05) is 21.1 Å². The molecule has 0 radical (unpaired) electrons. The lowest BCUT2D eigenvalue weighted by Gasteiger charge is -2.40. The zero-order valence-corrected chi connectivity index (χ0v) is 11.5. The second-order valence-electron chi connectivity index (χ2n) is 4.88. The molecular formula is C10H9F11O2. The Bertz CT molecular complexity index is 438. The molecule has 0 saturated heterocycles. The van der Waals surface area contributed by atoms with Crippen molar-refractivity contribution in [1.29, 1.82) is 0 Å². The minimum atomic E-state index is -7.16. The number of rotatable bonds is 3. The standard InChI is InChI=1S/C10H9F11O2/c1-4(11,12)5(13)6(14,10(19,20)21)8(17,18)9(22-2,23-3)7(5,15)16/h1-3H3. The lowest BCUT2D eigenvalue weighted by molar-refractivity contribution is -0.396. The molecule has 0 amide bonds. The third-order valence-corrected chi connectivity index (χ3v) is 3.74. The maximum atomic E-state index is 14.3. The van der Waals surface area contributed by atoms with E-state index in [9.17, 15) is 48.3 Å². The summed E-state index contributed by atoms with van der Waals surface area (Å²) in [6, 6.07) is 0. The molecule has 1 saturated carbocycles. The Kier molecular flexibility index (Phi) is 4.05. The third-order valence-electron chi connectivity index (χ3n) is 3.74. The molecule has 138 valence electrons. The van der Waals surface area contributed by atoms with Crippen molar-refractivity contribution in [2.24, 2.45) is 0 Å². The first-order valence-corrected chi connectivity index (χ1v) is 5.55. The first kappa shape index (κ1) is 20.2. The van der Waals surface area contributed by atoms with Crippen LogP contribution in [0.2, 0.25) is 0 Å². The number of methoxy groups -OCH3 is 2. The molecule has 0 N–H and O–H groups in total. The Balaban J connectivity index is 4.10. The monoisotopic (exact) mass is 370 g/mol. The Labute approximate surface area is 121 Å². The fourth-order valence-electron chi connectivity index (χ4n) is 2.63. The predicted octanol–water partition coefficient (Wildman–Crippen LogP) is 3.89. The fourth-order valence-corrected chi connectivity index (χ4v) is 2.63. The van der Waals surface area contributed by atoms with E-state index in [2.05, 4.69) is 9.47 Å². The average Bonchev–Trinajstić information content (AvgIpc) is 2.42. The van der Waals surface area contributed by atoms with Crippen LogP contribution < -0.4 is 0 Å². The molecule has 0 aromatic rings. The van der Waals surface area contributed by atoms with Crippen molar-refractivity contribution in [3.63, 3.8) is 0 Å². The topological polar surface area (TPSA) is 18.5 Å². The van der Waals surface area contributed by atoms with Gasteiger partial charge in [-0.2, -0.15) is 30.7 Å². The van der Waals surface area contributed by atoms with Crippen molar-refractivity contribution >= 4 is 0 Å². The SMILES string of the molecule is COC1(OC)C(F)(F)C(F)(C(C)(F)F)C(F)(C(F)(F)F)C1(F)F. The van der Waals surface area contributed by atoms with Crippen molar-refractivity contribution in [1.82, 2.24) is 0 Å². The highest BCUT2D eigenvalue weighted by Gasteiger charge is 3.07. The maximum Gasteiger partial charge on any atom is 0.432 e. The van der Waals surface area contributed by atoms with Gasteiger partial charge in [0.05, 0.1) is 0 Å². The van der Waals surface area contributed by atoms with Gasteiger partial charge in [-0.15, -0.1) is 0 Å². The second-order valence-corrected chi connectivity index (χ2v) is 4.88. The molecule has 0 aromatic heterocycles. The Morgan fingerprint density at radius 2 is 0.957 bits per heavy atom. The van der Waals surface area contributed by atoms with Gasteiger partial charge in [0.15, 0.2) is 0 Å². The molecule has 1 rings (SSSR count). The third kappa shape index (κ3) is 1.67. The van der Waals surface area contributed by atoms with Gasteiger partial charge in [0.2, 0.25) is 0 Å². The number of ether oxygens (including phenoxy) is 2. The predicted molar refractivity (Wildman–Crippen MR) is 51.0 cm³/mol. The van der Waals surface area contributed by atoms with E-state index in [1.807, 2.05) is 0 Å².